The highest BCUT2D eigenvalue weighted by atomic mass is 16.5. The fraction of sp³-hybridized carbons (Fsp3) is 1.00. The van der Waals surface area contributed by atoms with E-state index in [-0.39, 0.29) is 0 Å². The summed E-state index contributed by atoms with van der Waals surface area (Å²) >= 11 is 0. The minimum Gasteiger partial charge on any atom is -0.384 e. The van der Waals surface area contributed by atoms with Crippen LogP contribution in [0.3, 0.4) is 0 Å². The van der Waals surface area contributed by atoms with Crippen LogP contribution < -0.4 is 0 Å². The monoisotopic (exact) mass is 161 g/mol. The van der Waals surface area contributed by atoms with Gasteiger partial charge in [-0.05, 0) is 20.0 Å². The molecule has 0 aromatic heterocycles. The van der Waals surface area contributed by atoms with Gasteiger partial charge in [-0.1, -0.05) is 20.8 Å². The van der Waals surface area contributed by atoms with Gasteiger partial charge < -0.3 is 9.64 Å². The zero-order chi connectivity index (χ0) is 9.28. The summed E-state index contributed by atoms with van der Waals surface area (Å²) in [6.07, 6.45) is 0. The molecule has 0 aromatic rings. The lowest BCUT2D eigenvalue weighted by molar-refractivity contribution is 0.143. The first kappa shape index (κ1) is 13.5. The summed E-state index contributed by atoms with van der Waals surface area (Å²) in [6.45, 7) is 8.15. The first-order valence-corrected chi connectivity index (χ1v) is 4.30. The van der Waals surface area contributed by atoms with Crippen LogP contribution in [0.1, 0.15) is 20.8 Å². The maximum atomic E-state index is 4.98. The number of hydrogen-bond acceptors (Lipinski definition) is 2. The molecule has 0 radical (unpaired) electrons. The normalized spacial score (nSPS) is 12.3. The molecule has 0 heterocycles. The van der Waals surface area contributed by atoms with E-state index in [1.807, 2.05) is 13.8 Å². The van der Waals surface area contributed by atoms with Gasteiger partial charge in [-0.15, -0.1) is 0 Å². The summed E-state index contributed by atoms with van der Waals surface area (Å²) in [6, 6.07) is 0. The molecule has 0 rings (SSSR count). The van der Waals surface area contributed by atoms with Crippen molar-refractivity contribution in [3.8, 4) is 0 Å². The van der Waals surface area contributed by atoms with Crippen molar-refractivity contribution >= 4 is 0 Å². The molecular formula is C9H23NO. The number of hydrogen-bond donors (Lipinski definition) is 0. The molecule has 0 amide bonds. The average Bonchev–Trinajstić information content (AvgIpc) is 1.91. The molecule has 0 spiro atoms. The fourth-order valence-electron chi connectivity index (χ4n) is 0.961. The van der Waals surface area contributed by atoms with Gasteiger partial charge in [-0.25, -0.2) is 0 Å². The van der Waals surface area contributed by atoms with Crippen LogP contribution in [0.25, 0.3) is 0 Å². The predicted octanol–water partition coefficient (Wildman–Crippen LogP) is 1.86. The molecule has 0 N–H and O–H groups in total. The molecule has 0 fully saturated rings. The van der Waals surface area contributed by atoms with Crippen LogP contribution in [0.15, 0.2) is 0 Å². The smallest absolute Gasteiger partial charge is 0.0500 e. The highest BCUT2D eigenvalue weighted by Gasteiger charge is 2.00. The third kappa shape index (κ3) is 13.0. The zero-order valence-electron chi connectivity index (χ0n) is 8.85. The highest BCUT2D eigenvalue weighted by Crippen LogP contribution is 1.95. The fourth-order valence-corrected chi connectivity index (χ4v) is 0.961. The summed E-state index contributed by atoms with van der Waals surface area (Å²) in [5, 5.41) is 0. The van der Waals surface area contributed by atoms with Gasteiger partial charge in [0.05, 0.1) is 0 Å². The molecule has 0 aliphatic rings. The molecule has 0 bridgehead atoms. The minimum absolute atomic E-state index is 0.644. The molecule has 2 nitrogen and oxygen atoms in total. The Balaban J connectivity index is 0. The Morgan fingerprint density at radius 2 is 1.73 bits per heavy atom. The first-order valence-electron chi connectivity index (χ1n) is 4.30. The van der Waals surface area contributed by atoms with Crippen molar-refractivity contribution in [3.63, 3.8) is 0 Å². The molecule has 0 saturated carbocycles. The predicted molar refractivity (Wildman–Crippen MR) is 50.9 cm³/mol. The Morgan fingerprint density at radius 1 is 1.27 bits per heavy atom. The van der Waals surface area contributed by atoms with E-state index < -0.39 is 0 Å². The Labute approximate surface area is 71.5 Å². The minimum atomic E-state index is 0.644. The maximum absolute atomic E-state index is 4.98. The van der Waals surface area contributed by atoms with Crippen molar-refractivity contribution in [2.24, 2.45) is 5.92 Å². The van der Waals surface area contributed by atoms with Gasteiger partial charge in [0.1, 0.15) is 0 Å². The molecule has 70 valence electrons. The molecule has 2 heteroatoms. The lowest BCUT2D eigenvalue weighted by Crippen LogP contribution is -2.22. The van der Waals surface area contributed by atoms with Crippen molar-refractivity contribution in [2.45, 2.75) is 20.8 Å². The zero-order valence-corrected chi connectivity index (χ0v) is 8.85. The Kier molecular flexibility index (Phi) is 12.2. The number of nitrogens with zero attached hydrogens (tertiary/aromatic N) is 1. The summed E-state index contributed by atoms with van der Waals surface area (Å²) in [5.74, 6) is 0.644. The second-order valence-corrected chi connectivity index (χ2v) is 2.82. The largest absolute Gasteiger partial charge is 0.384 e. The van der Waals surface area contributed by atoms with Crippen LogP contribution in [0.5, 0.6) is 0 Å². The summed E-state index contributed by atoms with van der Waals surface area (Å²) < 4.78 is 4.98. The van der Waals surface area contributed by atoms with Crippen molar-refractivity contribution < 1.29 is 4.74 Å². The van der Waals surface area contributed by atoms with Gasteiger partial charge in [-0.2, -0.15) is 0 Å². The van der Waals surface area contributed by atoms with E-state index in [0.717, 1.165) is 13.2 Å². The molecule has 0 saturated heterocycles. The Hall–Kier alpha value is -0.0800. The quantitative estimate of drug-likeness (QED) is 0.624. The molecule has 1 unspecified atom stereocenters. The van der Waals surface area contributed by atoms with Gasteiger partial charge in [0.15, 0.2) is 0 Å². The number of ether oxygens (including phenoxy) is 1. The van der Waals surface area contributed by atoms with E-state index in [4.69, 9.17) is 4.74 Å². The van der Waals surface area contributed by atoms with E-state index >= 15 is 0 Å². The van der Waals surface area contributed by atoms with Crippen LogP contribution in [-0.2, 0) is 4.74 Å². The Morgan fingerprint density at radius 3 is 2.00 bits per heavy atom. The van der Waals surface area contributed by atoms with Gasteiger partial charge in [-0.3, -0.25) is 0 Å². The molecular weight excluding hydrogens is 138 g/mol. The SMILES string of the molecule is CC.COCC(C)CN(C)C. The summed E-state index contributed by atoms with van der Waals surface area (Å²) in [7, 11) is 5.89. The van der Waals surface area contributed by atoms with E-state index in [1.54, 1.807) is 7.11 Å². The van der Waals surface area contributed by atoms with Gasteiger partial charge in [0.2, 0.25) is 0 Å². The van der Waals surface area contributed by atoms with Crippen LogP contribution in [0, 0.1) is 5.92 Å². The van der Waals surface area contributed by atoms with Crippen LogP contribution in [0.2, 0.25) is 0 Å². The van der Waals surface area contributed by atoms with Crippen LogP contribution >= 0.6 is 0 Å². The number of rotatable bonds is 4. The summed E-state index contributed by atoms with van der Waals surface area (Å²) in [4.78, 5) is 2.17. The second kappa shape index (κ2) is 9.92. The lowest BCUT2D eigenvalue weighted by atomic mass is 10.2. The van der Waals surface area contributed by atoms with Crippen molar-refractivity contribution in [1.82, 2.24) is 4.90 Å². The Bertz CT molecular complexity index is 64.6. The molecule has 0 aliphatic heterocycles. The molecule has 11 heavy (non-hydrogen) atoms. The van der Waals surface area contributed by atoms with E-state index in [2.05, 4.69) is 25.9 Å². The van der Waals surface area contributed by atoms with Gasteiger partial charge >= 0.3 is 0 Å². The highest BCUT2D eigenvalue weighted by molar-refractivity contribution is 4.53. The average molecular weight is 161 g/mol. The van der Waals surface area contributed by atoms with E-state index in [0.29, 0.717) is 5.92 Å². The van der Waals surface area contributed by atoms with Crippen LogP contribution in [0.4, 0.5) is 0 Å². The number of methoxy groups -OCH3 is 1. The third-order valence-corrected chi connectivity index (χ3v) is 1.13. The van der Waals surface area contributed by atoms with E-state index in [9.17, 15) is 0 Å². The third-order valence-electron chi connectivity index (χ3n) is 1.13. The first-order chi connectivity index (χ1) is 5.16. The maximum Gasteiger partial charge on any atom is 0.0500 e. The van der Waals surface area contributed by atoms with Crippen LogP contribution in [-0.4, -0.2) is 39.3 Å². The van der Waals surface area contributed by atoms with Crippen molar-refractivity contribution in [1.29, 1.82) is 0 Å². The van der Waals surface area contributed by atoms with Gasteiger partial charge in [0.25, 0.3) is 0 Å². The summed E-state index contributed by atoms with van der Waals surface area (Å²) in [5.41, 5.74) is 0. The topological polar surface area (TPSA) is 12.5 Å². The second-order valence-electron chi connectivity index (χ2n) is 2.82. The lowest BCUT2D eigenvalue weighted by Gasteiger charge is -2.15. The van der Waals surface area contributed by atoms with Gasteiger partial charge in [0, 0.05) is 20.3 Å². The standard InChI is InChI=1S/C7H17NO.C2H6/c1-7(6-9-4)5-8(2)3;1-2/h7H,5-6H2,1-4H3;1-2H3. The van der Waals surface area contributed by atoms with E-state index in [1.165, 1.54) is 0 Å². The van der Waals surface area contributed by atoms with Crippen molar-refractivity contribution in [2.75, 3.05) is 34.4 Å². The molecule has 1 atom stereocenters. The van der Waals surface area contributed by atoms with Crippen molar-refractivity contribution in [3.05, 3.63) is 0 Å². The molecule has 0 aromatic carbocycles. The molecule has 0 aliphatic carbocycles.